The summed E-state index contributed by atoms with van der Waals surface area (Å²) in [5.41, 5.74) is 3.29. The number of carbonyl (C=O) groups excluding carboxylic acids is 1. The molecule has 2 heterocycles. The lowest BCUT2D eigenvalue weighted by atomic mass is 10.0. The second-order valence-electron chi connectivity index (χ2n) is 6.73. The number of aromatic amines is 1. The maximum Gasteiger partial charge on any atom is 0.326 e. The third-order valence-corrected chi connectivity index (χ3v) is 5.93. The van der Waals surface area contributed by atoms with Gasteiger partial charge in [0.1, 0.15) is 15.9 Å². The van der Waals surface area contributed by atoms with Crippen molar-refractivity contribution in [3.05, 3.63) is 76.9 Å². The number of aryl methyl sites for hydroxylation is 1. The number of fused-ring (bicyclic) bond motifs is 1. The van der Waals surface area contributed by atoms with Crippen molar-refractivity contribution in [2.24, 2.45) is 0 Å². The molecule has 0 saturated carbocycles. The number of thiazole rings is 1. The van der Waals surface area contributed by atoms with Crippen LogP contribution in [0, 0.1) is 6.92 Å². The summed E-state index contributed by atoms with van der Waals surface area (Å²) in [5.74, 6) is -1.50. The van der Waals surface area contributed by atoms with Crippen LogP contribution in [0.25, 0.3) is 21.5 Å². The van der Waals surface area contributed by atoms with Gasteiger partial charge in [0.25, 0.3) is 5.91 Å². The molecule has 3 N–H and O–H groups in total. The first-order chi connectivity index (χ1) is 14.0. The number of nitrogens with zero attached hydrogens (tertiary/aromatic N) is 1. The summed E-state index contributed by atoms with van der Waals surface area (Å²) in [7, 11) is 0. The molecule has 2 aromatic carbocycles. The van der Waals surface area contributed by atoms with E-state index in [1.165, 1.54) is 11.3 Å². The quantitative estimate of drug-likeness (QED) is 0.451. The van der Waals surface area contributed by atoms with E-state index in [4.69, 9.17) is 0 Å². The van der Waals surface area contributed by atoms with E-state index in [2.05, 4.69) is 15.3 Å². The summed E-state index contributed by atoms with van der Waals surface area (Å²) in [6.45, 7) is 1.76. The van der Waals surface area contributed by atoms with Gasteiger partial charge in [0.05, 0.1) is 5.69 Å². The van der Waals surface area contributed by atoms with Gasteiger partial charge < -0.3 is 15.4 Å². The highest BCUT2D eigenvalue weighted by molar-refractivity contribution is 7.17. The molecule has 6 nitrogen and oxygen atoms in total. The van der Waals surface area contributed by atoms with E-state index < -0.39 is 17.9 Å². The number of benzene rings is 2. The Kier molecular flexibility index (Phi) is 5.14. The van der Waals surface area contributed by atoms with Gasteiger partial charge in [-0.3, -0.25) is 4.79 Å². The molecule has 4 rings (SSSR count). The normalized spacial score (nSPS) is 12.0. The van der Waals surface area contributed by atoms with Crippen molar-refractivity contribution < 1.29 is 14.7 Å². The number of amides is 1. The zero-order chi connectivity index (χ0) is 20.4. The number of aliphatic carboxylic acids is 1. The van der Waals surface area contributed by atoms with Crippen LogP contribution in [-0.2, 0) is 11.2 Å². The topological polar surface area (TPSA) is 95.1 Å². The summed E-state index contributed by atoms with van der Waals surface area (Å²) >= 11 is 1.26. The van der Waals surface area contributed by atoms with Crippen molar-refractivity contribution >= 4 is 34.1 Å². The molecule has 0 fully saturated rings. The Hall–Kier alpha value is -3.45. The van der Waals surface area contributed by atoms with Crippen LogP contribution in [0.1, 0.15) is 20.9 Å². The van der Waals surface area contributed by atoms with Crippen LogP contribution in [0.5, 0.6) is 0 Å². The highest BCUT2D eigenvalue weighted by atomic mass is 32.1. The van der Waals surface area contributed by atoms with E-state index >= 15 is 0 Å². The third-order valence-electron chi connectivity index (χ3n) is 4.73. The number of para-hydroxylation sites is 1. The molecule has 2 aromatic heterocycles. The molecule has 0 aliphatic carbocycles. The lowest BCUT2D eigenvalue weighted by Gasteiger charge is -2.13. The van der Waals surface area contributed by atoms with Crippen molar-refractivity contribution in [2.45, 2.75) is 19.4 Å². The van der Waals surface area contributed by atoms with Crippen molar-refractivity contribution in [1.29, 1.82) is 0 Å². The van der Waals surface area contributed by atoms with Crippen molar-refractivity contribution in [2.75, 3.05) is 0 Å². The molecule has 4 aromatic rings. The van der Waals surface area contributed by atoms with Crippen molar-refractivity contribution in [1.82, 2.24) is 15.3 Å². The molecule has 1 atom stereocenters. The Morgan fingerprint density at radius 3 is 2.62 bits per heavy atom. The van der Waals surface area contributed by atoms with Gasteiger partial charge in [-0.05, 0) is 18.6 Å². The van der Waals surface area contributed by atoms with Crippen LogP contribution < -0.4 is 5.32 Å². The molecule has 0 unspecified atom stereocenters. The van der Waals surface area contributed by atoms with E-state index in [0.717, 1.165) is 27.0 Å². The Morgan fingerprint density at radius 1 is 1.14 bits per heavy atom. The number of carbonyl (C=O) groups is 2. The number of carboxylic acid groups (broad SMARTS) is 1. The number of aromatic nitrogens is 2. The number of carboxylic acids is 1. The number of hydrogen-bond donors (Lipinski definition) is 3. The molecular weight excluding hydrogens is 386 g/mol. The second kappa shape index (κ2) is 7.89. The first-order valence-electron chi connectivity index (χ1n) is 9.14. The molecule has 0 aliphatic rings. The van der Waals surface area contributed by atoms with Crippen LogP contribution in [-0.4, -0.2) is 33.0 Å². The maximum absolute atomic E-state index is 12.8. The SMILES string of the molecule is Cc1nc(-c2ccccc2)sc1C(=O)N[C@@H](Cc1c[nH]c2ccccc12)C(=O)O. The second-order valence-corrected chi connectivity index (χ2v) is 7.73. The van der Waals surface area contributed by atoms with E-state index in [0.29, 0.717) is 10.6 Å². The van der Waals surface area contributed by atoms with Gasteiger partial charge in [0.15, 0.2) is 0 Å². The predicted octanol–water partition coefficient (Wildman–Crippen LogP) is 4.03. The molecule has 29 heavy (non-hydrogen) atoms. The van der Waals surface area contributed by atoms with Gasteiger partial charge in [-0.15, -0.1) is 11.3 Å². The molecule has 0 spiro atoms. The average molecular weight is 405 g/mol. The minimum atomic E-state index is -1.07. The standard InChI is InChI=1S/C22H19N3O3S/c1-13-19(29-21(24-13)14-7-3-2-4-8-14)20(26)25-18(22(27)28)11-15-12-23-17-10-6-5-9-16(15)17/h2-10,12,18,23H,11H2,1H3,(H,25,26)(H,27,28)/t18-/m0/s1. The first-order valence-corrected chi connectivity index (χ1v) is 9.96. The van der Waals surface area contributed by atoms with E-state index in [1.807, 2.05) is 54.6 Å². The molecule has 146 valence electrons. The number of rotatable bonds is 6. The Morgan fingerprint density at radius 2 is 1.86 bits per heavy atom. The molecule has 7 heteroatoms. The van der Waals surface area contributed by atoms with Gasteiger partial charge in [0.2, 0.25) is 0 Å². The van der Waals surface area contributed by atoms with Crippen molar-refractivity contribution in [3.63, 3.8) is 0 Å². The summed E-state index contributed by atoms with van der Waals surface area (Å²) in [6, 6.07) is 16.2. The predicted molar refractivity (Wildman–Crippen MR) is 113 cm³/mol. The first kappa shape index (κ1) is 18.9. The Bertz CT molecular complexity index is 1180. The highest BCUT2D eigenvalue weighted by Crippen LogP contribution is 2.28. The fourth-order valence-corrected chi connectivity index (χ4v) is 4.23. The summed E-state index contributed by atoms with van der Waals surface area (Å²) < 4.78 is 0. The average Bonchev–Trinajstić information content (AvgIpc) is 3.32. The molecule has 1 amide bonds. The van der Waals surface area contributed by atoms with Crippen LogP contribution in [0.2, 0.25) is 0 Å². The van der Waals surface area contributed by atoms with E-state index in [-0.39, 0.29) is 6.42 Å². The van der Waals surface area contributed by atoms with Gasteiger partial charge in [-0.25, -0.2) is 9.78 Å². The maximum atomic E-state index is 12.8. The van der Waals surface area contributed by atoms with Crippen LogP contribution in [0.4, 0.5) is 0 Å². The highest BCUT2D eigenvalue weighted by Gasteiger charge is 2.25. The third kappa shape index (κ3) is 3.90. The fraction of sp³-hybridized carbons (Fsp3) is 0.136. The summed E-state index contributed by atoms with van der Waals surface area (Å²) in [4.78, 5) is 32.6. The van der Waals surface area contributed by atoms with Gasteiger partial charge >= 0.3 is 5.97 Å². The molecule has 0 saturated heterocycles. The van der Waals surface area contributed by atoms with Gasteiger partial charge in [-0.2, -0.15) is 0 Å². The zero-order valence-corrected chi connectivity index (χ0v) is 16.5. The zero-order valence-electron chi connectivity index (χ0n) is 15.7. The van der Waals surface area contributed by atoms with Crippen LogP contribution in [0.3, 0.4) is 0 Å². The molecular formula is C22H19N3O3S. The number of H-pyrrole nitrogens is 1. The van der Waals surface area contributed by atoms with Crippen molar-refractivity contribution in [3.8, 4) is 10.6 Å². The van der Waals surface area contributed by atoms with E-state index in [1.54, 1.807) is 13.1 Å². The Balaban J connectivity index is 1.55. The number of nitrogens with one attached hydrogen (secondary N) is 2. The lowest BCUT2D eigenvalue weighted by molar-refractivity contribution is -0.139. The Labute approximate surface area is 171 Å². The van der Waals surface area contributed by atoms with Gasteiger partial charge in [-0.1, -0.05) is 48.5 Å². The smallest absolute Gasteiger partial charge is 0.326 e. The van der Waals surface area contributed by atoms with Crippen LogP contribution >= 0.6 is 11.3 Å². The van der Waals surface area contributed by atoms with Gasteiger partial charge in [0, 0.05) is 29.1 Å². The fourth-order valence-electron chi connectivity index (χ4n) is 3.26. The largest absolute Gasteiger partial charge is 0.480 e. The van der Waals surface area contributed by atoms with Crippen LogP contribution in [0.15, 0.2) is 60.8 Å². The minimum absolute atomic E-state index is 0.189. The lowest BCUT2D eigenvalue weighted by Crippen LogP contribution is -2.42. The monoisotopic (exact) mass is 405 g/mol. The van der Waals surface area contributed by atoms with E-state index in [9.17, 15) is 14.7 Å². The summed E-state index contributed by atoms with van der Waals surface area (Å²) in [5, 5.41) is 14.0. The summed E-state index contributed by atoms with van der Waals surface area (Å²) in [6.07, 6.45) is 1.98. The molecule has 0 radical (unpaired) electrons. The molecule has 0 aliphatic heterocycles. The number of hydrogen-bond acceptors (Lipinski definition) is 4. The minimum Gasteiger partial charge on any atom is -0.480 e. The molecule has 0 bridgehead atoms.